The van der Waals surface area contributed by atoms with Crippen molar-refractivity contribution in [1.29, 1.82) is 0 Å². The molecule has 0 bridgehead atoms. The molecular formula is C13H15BrN2O3. The number of carboxylic acids is 1. The second-order valence-corrected chi connectivity index (χ2v) is 5.72. The summed E-state index contributed by atoms with van der Waals surface area (Å²) in [4.78, 5) is 22.8. The lowest BCUT2D eigenvalue weighted by Gasteiger charge is -2.10. The number of carbonyl (C=O) groups is 2. The minimum absolute atomic E-state index is 0.0596. The number of amides is 2. The molecule has 2 atom stereocenters. The summed E-state index contributed by atoms with van der Waals surface area (Å²) in [7, 11) is 0. The highest BCUT2D eigenvalue weighted by atomic mass is 79.9. The van der Waals surface area contributed by atoms with Gasteiger partial charge in [-0.05, 0) is 36.5 Å². The van der Waals surface area contributed by atoms with Gasteiger partial charge in [0, 0.05) is 11.0 Å². The van der Waals surface area contributed by atoms with Crippen molar-refractivity contribution >= 4 is 33.6 Å². The SMILES string of the molecule is CC1CC1CNC(=O)Nc1ccc(Br)cc1C(=O)O. The van der Waals surface area contributed by atoms with Crippen LogP contribution < -0.4 is 10.6 Å². The zero-order valence-corrected chi connectivity index (χ0v) is 12.0. The first-order chi connectivity index (χ1) is 8.97. The summed E-state index contributed by atoms with van der Waals surface area (Å²) in [6.45, 7) is 2.77. The molecule has 2 unspecified atom stereocenters. The van der Waals surface area contributed by atoms with E-state index in [0.29, 0.717) is 22.9 Å². The molecule has 0 spiro atoms. The van der Waals surface area contributed by atoms with Gasteiger partial charge in [-0.15, -0.1) is 0 Å². The van der Waals surface area contributed by atoms with Gasteiger partial charge in [-0.1, -0.05) is 22.9 Å². The van der Waals surface area contributed by atoms with E-state index in [1.807, 2.05) is 0 Å². The molecule has 1 fully saturated rings. The van der Waals surface area contributed by atoms with Crippen LogP contribution in [0.2, 0.25) is 0 Å². The molecule has 2 rings (SSSR count). The molecule has 19 heavy (non-hydrogen) atoms. The van der Waals surface area contributed by atoms with E-state index < -0.39 is 5.97 Å². The van der Waals surface area contributed by atoms with Crippen molar-refractivity contribution < 1.29 is 14.7 Å². The molecule has 0 heterocycles. The third kappa shape index (κ3) is 3.70. The highest BCUT2D eigenvalue weighted by Gasteiger charge is 2.32. The Labute approximate surface area is 119 Å². The smallest absolute Gasteiger partial charge is 0.337 e. The predicted molar refractivity (Wildman–Crippen MR) is 75.4 cm³/mol. The molecule has 6 heteroatoms. The molecule has 0 radical (unpaired) electrons. The van der Waals surface area contributed by atoms with Crippen molar-refractivity contribution in [3.05, 3.63) is 28.2 Å². The van der Waals surface area contributed by atoms with E-state index in [2.05, 4.69) is 33.5 Å². The summed E-state index contributed by atoms with van der Waals surface area (Å²) in [5.74, 6) is 0.143. The summed E-state index contributed by atoms with van der Waals surface area (Å²) in [5.41, 5.74) is 0.348. The average molecular weight is 327 g/mol. The molecule has 1 aliphatic rings. The van der Waals surface area contributed by atoms with Crippen LogP contribution in [0.4, 0.5) is 10.5 Å². The van der Waals surface area contributed by atoms with E-state index in [0.717, 1.165) is 6.42 Å². The molecule has 3 N–H and O–H groups in total. The van der Waals surface area contributed by atoms with Crippen molar-refractivity contribution in [2.75, 3.05) is 11.9 Å². The lowest BCUT2D eigenvalue weighted by atomic mass is 10.2. The number of benzene rings is 1. The number of rotatable bonds is 4. The second kappa shape index (κ2) is 5.61. The highest BCUT2D eigenvalue weighted by molar-refractivity contribution is 9.10. The molecule has 0 aliphatic heterocycles. The molecule has 102 valence electrons. The van der Waals surface area contributed by atoms with Gasteiger partial charge in [0.15, 0.2) is 0 Å². The Balaban J connectivity index is 1.97. The quantitative estimate of drug-likeness (QED) is 0.796. The van der Waals surface area contributed by atoms with E-state index in [1.165, 1.54) is 6.07 Å². The first kappa shape index (κ1) is 13.9. The van der Waals surface area contributed by atoms with Gasteiger partial charge < -0.3 is 15.7 Å². The van der Waals surface area contributed by atoms with Crippen LogP contribution in [-0.4, -0.2) is 23.7 Å². The Bertz CT molecular complexity index is 519. The Hall–Kier alpha value is -1.56. The predicted octanol–water partition coefficient (Wildman–Crippen LogP) is 2.92. The number of hydrogen-bond acceptors (Lipinski definition) is 2. The maximum Gasteiger partial charge on any atom is 0.337 e. The minimum atomic E-state index is -1.08. The van der Waals surface area contributed by atoms with Crippen LogP contribution >= 0.6 is 15.9 Å². The average Bonchev–Trinajstić information content (AvgIpc) is 3.05. The van der Waals surface area contributed by atoms with Gasteiger partial charge in [-0.25, -0.2) is 9.59 Å². The van der Waals surface area contributed by atoms with Crippen LogP contribution in [0.3, 0.4) is 0 Å². The van der Waals surface area contributed by atoms with E-state index in [4.69, 9.17) is 5.11 Å². The first-order valence-corrected chi connectivity index (χ1v) is 6.84. The third-order valence-corrected chi connectivity index (χ3v) is 3.75. The first-order valence-electron chi connectivity index (χ1n) is 6.05. The van der Waals surface area contributed by atoms with E-state index in [9.17, 15) is 9.59 Å². The lowest BCUT2D eigenvalue weighted by molar-refractivity contribution is 0.0698. The van der Waals surface area contributed by atoms with Crippen LogP contribution in [0.5, 0.6) is 0 Å². The molecule has 1 aliphatic carbocycles. The highest BCUT2D eigenvalue weighted by Crippen LogP contribution is 2.36. The maximum atomic E-state index is 11.7. The number of halogens is 1. The molecule has 0 saturated heterocycles. The van der Waals surface area contributed by atoms with Crippen LogP contribution in [0, 0.1) is 11.8 Å². The minimum Gasteiger partial charge on any atom is -0.478 e. The number of anilines is 1. The summed E-state index contributed by atoms with van der Waals surface area (Å²) >= 11 is 3.20. The van der Waals surface area contributed by atoms with Crippen molar-refractivity contribution in [1.82, 2.24) is 5.32 Å². The fraction of sp³-hybridized carbons (Fsp3) is 0.385. The van der Waals surface area contributed by atoms with Crippen molar-refractivity contribution in [2.24, 2.45) is 11.8 Å². The van der Waals surface area contributed by atoms with Gasteiger partial charge in [0.25, 0.3) is 0 Å². The monoisotopic (exact) mass is 326 g/mol. The number of carboxylic acid groups (broad SMARTS) is 1. The van der Waals surface area contributed by atoms with E-state index in [1.54, 1.807) is 12.1 Å². The third-order valence-electron chi connectivity index (χ3n) is 3.26. The summed E-state index contributed by atoms with van der Waals surface area (Å²) < 4.78 is 0.655. The number of aromatic carboxylic acids is 1. The summed E-state index contributed by atoms with van der Waals surface area (Å²) in [6.07, 6.45) is 1.14. The van der Waals surface area contributed by atoms with E-state index in [-0.39, 0.29) is 17.3 Å². The zero-order chi connectivity index (χ0) is 14.0. The number of urea groups is 1. The molecule has 5 nitrogen and oxygen atoms in total. The zero-order valence-electron chi connectivity index (χ0n) is 10.4. The van der Waals surface area contributed by atoms with Crippen LogP contribution in [-0.2, 0) is 0 Å². The molecule has 0 aromatic heterocycles. The molecular weight excluding hydrogens is 312 g/mol. The van der Waals surface area contributed by atoms with Gasteiger partial charge in [0.1, 0.15) is 0 Å². The molecule has 1 aromatic rings. The normalized spacial score (nSPS) is 20.7. The number of hydrogen-bond donors (Lipinski definition) is 3. The van der Waals surface area contributed by atoms with E-state index >= 15 is 0 Å². The molecule has 1 saturated carbocycles. The van der Waals surface area contributed by atoms with Crippen LogP contribution in [0.1, 0.15) is 23.7 Å². The Morgan fingerprint density at radius 3 is 2.74 bits per heavy atom. The number of carbonyl (C=O) groups excluding carboxylic acids is 1. The van der Waals surface area contributed by atoms with Crippen molar-refractivity contribution in [3.8, 4) is 0 Å². The summed E-state index contributed by atoms with van der Waals surface area (Å²) in [5, 5.41) is 14.4. The van der Waals surface area contributed by atoms with Gasteiger partial charge in [0.2, 0.25) is 0 Å². The maximum absolute atomic E-state index is 11.7. The molecule has 2 amide bonds. The van der Waals surface area contributed by atoms with Gasteiger partial charge in [-0.2, -0.15) is 0 Å². The van der Waals surface area contributed by atoms with Crippen LogP contribution in [0.15, 0.2) is 22.7 Å². The van der Waals surface area contributed by atoms with Gasteiger partial charge in [0.05, 0.1) is 11.3 Å². The standard InChI is InChI=1S/C13H15BrN2O3/c1-7-4-8(7)6-15-13(19)16-11-3-2-9(14)5-10(11)12(17)18/h2-3,5,7-8H,4,6H2,1H3,(H,17,18)(H2,15,16,19). The Morgan fingerprint density at radius 2 is 2.16 bits per heavy atom. The Morgan fingerprint density at radius 1 is 1.47 bits per heavy atom. The van der Waals surface area contributed by atoms with Gasteiger partial charge >= 0.3 is 12.0 Å². The second-order valence-electron chi connectivity index (χ2n) is 4.80. The van der Waals surface area contributed by atoms with Crippen molar-refractivity contribution in [3.63, 3.8) is 0 Å². The Kier molecular flexibility index (Phi) is 4.09. The van der Waals surface area contributed by atoms with Crippen molar-refractivity contribution in [2.45, 2.75) is 13.3 Å². The molecule has 1 aromatic carbocycles. The fourth-order valence-electron chi connectivity index (χ4n) is 1.88. The topological polar surface area (TPSA) is 78.4 Å². The van der Waals surface area contributed by atoms with Crippen LogP contribution in [0.25, 0.3) is 0 Å². The lowest BCUT2D eigenvalue weighted by Crippen LogP contribution is -2.31. The summed E-state index contributed by atoms with van der Waals surface area (Å²) in [6, 6.07) is 4.34. The van der Waals surface area contributed by atoms with Gasteiger partial charge in [-0.3, -0.25) is 0 Å². The fourth-order valence-corrected chi connectivity index (χ4v) is 2.24. The number of nitrogens with one attached hydrogen (secondary N) is 2. The largest absolute Gasteiger partial charge is 0.478 e.